The molecule has 0 aromatic heterocycles. The molecule has 0 aliphatic carbocycles. The largest absolute Gasteiger partial charge is 0.489 e. The van der Waals surface area contributed by atoms with Gasteiger partial charge in [-0.05, 0) is 42.8 Å². The van der Waals surface area contributed by atoms with Crippen molar-refractivity contribution in [2.45, 2.75) is 19.6 Å². The van der Waals surface area contributed by atoms with Gasteiger partial charge in [0.1, 0.15) is 12.4 Å². The van der Waals surface area contributed by atoms with Crippen LogP contribution >= 0.6 is 23.2 Å². The Morgan fingerprint density at radius 1 is 1.05 bits per heavy atom. The van der Waals surface area contributed by atoms with Gasteiger partial charge in [0.25, 0.3) is 0 Å². The maximum absolute atomic E-state index is 9.71. The van der Waals surface area contributed by atoms with Crippen molar-refractivity contribution in [3.63, 3.8) is 0 Å². The molecule has 4 heteroatoms. The van der Waals surface area contributed by atoms with Crippen LogP contribution in [0.5, 0.6) is 5.75 Å². The van der Waals surface area contributed by atoms with E-state index in [1.54, 1.807) is 25.1 Å². The van der Waals surface area contributed by atoms with Gasteiger partial charge in [-0.1, -0.05) is 35.3 Å². The zero-order chi connectivity index (χ0) is 13.8. The molecule has 0 heterocycles. The average Bonchev–Trinajstić information content (AvgIpc) is 2.39. The number of halogens is 2. The number of hydrogen-bond acceptors (Lipinski definition) is 2. The molecule has 19 heavy (non-hydrogen) atoms. The van der Waals surface area contributed by atoms with Crippen molar-refractivity contribution in [3.8, 4) is 5.75 Å². The molecular formula is C15H14Cl2O2. The van der Waals surface area contributed by atoms with Crippen molar-refractivity contribution in [1.82, 2.24) is 0 Å². The van der Waals surface area contributed by atoms with E-state index >= 15 is 0 Å². The van der Waals surface area contributed by atoms with Gasteiger partial charge < -0.3 is 9.84 Å². The molecule has 2 aromatic carbocycles. The number of rotatable bonds is 4. The van der Waals surface area contributed by atoms with Crippen LogP contribution in [-0.2, 0) is 6.61 Å². The lowest BCUT2D eigenvalue weighted by atomic mass is 10.1. The molecule has 1 atom stereocenters. The SMILES string of the molecule is C[C@@H](O)c1cc(Cl)ccc1OCc1ccc(Cl)cc1. The summed E-state index contributed by atoms with van der Waals surface area (Å²) in [4.78, 5) is 0. The Morgan fingerprint density at radius 3 is 2.32 bits per heavy atom. The van der Waals surface area contributed by atoms with Gasteiger partial charge in [0.15, 0.2) is 0 Å². The Labute approximate surface area is 122 Å². The van der Waals surface area contributed by atoms with Gasteiger partial charge in [0, 0.05) is 15.6 Å². The molecule has 2 nitrogen and oxygen atoms in total. The van der Waals surface area contributed by atoms with Crippen LogP contribution in [0.2, 0.25) is 10.0 Å². The summed E-state index contributed by atoms with van der Waals surface area (Å²) in [7, 11) is 0. The van der Waals surface area contributed by atoms with Crippen molar-refractivity contribution in [2.75, 3.05) is 0 Å². The number of ether oxygens (including phenoxy) is 1. The minimum Gasteiger partial charge on any atom is -0.489 e. The van der Waals surface area contributed by atoms with Gasteiger partial charge in [0.2, 0.25) is 0 Å². The second-order valence-electron chi connectivity index (χ2n) is 4.27. The summed E-state index contributed by atoms with van der Waals surface area (Å²) in [6.07, 6.45) is -0.626. The van der Waals surface area contributed by atoms with E-state index in [1.165, 1.54) is 0 Å². The van der Waals surface area contributed by atoms with Crippen molar-refractivity contribution >= 4 is 23.2 Å². The highest BCUT2D eigenvalue weighted by molar-refractivity contribution is 6.30. The molecule has 0 aliphatic rings. The highest BCUT2D eigenvalue weighted by Crippen LogP contribution is 2.29. The van der Waals surface area contributed by atoms with E-state index in [1.807, 2.05) is 24.3 Å². The fraction of sp³-hybridized carbons (Fsp3) is 0.200. The summed E-state index contributed by atoms with van der Waals surface area (Å²) < 4.78 is 5.72. The summed E-state index contributed by atoms with van der Waals surface area (Å²) in [5.74, 6) is 0.634. The Kier molecular flexibility index (Phi) is 4.70. The lowest BCUT2D eigenvalue weighted by Gasteiger charge is -2.14. The first kappa shape index (κ1) is 14.2. The van der Waals surface area contributed by atoms with Crippen LogP contribution in [0.4, 0.5) is 0 Å². The molecule has 0 fully saturated rings. The zero-order valence-electron chi connectivity index (χ0n) is 10.4. The first-order valence-corrected chi connectivity index (χ1v) is 6.66. The molecule has 2 rings (SSSR count). The molecule has 0 spiro atoms. The molecule has 0 radical (unpaired) electrons. The molecule has 1 N–H and O–H groups in total. The van der Waals surface area contributed by atoms with E-state index in [0.717, 1.165) is 5.56 Å². The molecule has 0 saturated heterocycles. The van der Waals surface area contributed by atoms with Gasteiger partial charge in [-0.3, -0.25) is 0 Å². The third kappa shape index (κ3) is 3.87. The normalized spacial score (nSPS) is 12.2. The van der Waals surface area contributed by atoms with E-state index < -0.39 is 6.10 Å². The van der Waals surface area contributed by atoms with Gasteiger partial charge in [0.05, 0.1) is 6.10 Å². The van der Waals surface area contributed by atoms with Crippen LogP contribution in [0.15, 0.2) is 42.5 Å². The molecule has 2 aromatic rings. The quantitative estimate of drug-likeness (QED) is 0.891. The van der Waals surface area contributed by atoms with Crippen LogP contribution in [0, 0.1) is 0 Å². The van der Waals surface area contributed by atoms with E-state index in [-0.39, 0.29) is 0 Å². The van der Waals surface area contributed by atoms with Crippen LogP contribution in [0.3, 0.4) is 0 Å². The number of hydrogen-bond donors (Lipinski definition) is 1. The molecule has 0 saturated carbocycles. The molecule has 0 amide bonds. The lowest BCUT2D eigenvalue weighted by Crippen LogP contribution is -2.01. The van der Waals surface area contributed by atoms with E-state index in [2.05, 4.69) is 0 Å². The van der Waals surface area contributed by atoms with Crippen LogP contribution < -0.4 is 4.74 Å². The second kappa shape index (κ2) is 6.29. The summed E-state index contributed by atoms with van der Waals surface area (Å²) in [5, 5.41) is 11.0. The highest BCUT2D eigenvalue weighted by atomic mass is 35.5. The fourth-order valence-electron chi connectivity index (χ4n) is 1.72. The monoisotopic (exact) mass is 296 g/mol. The Morgan fingerprint density at radius 2 is 1.68 bits per heavy atom. The third-order valence-corrected chi connectivity index (χ3v) is 3.22. The maximum Gasteiger partial charge on any atom is 0.125 e. The number of aliphatic hydroxyl groups excluding tert-OH is 1. The average molecular weight is 297 g/mol. The Bertz CT molecular complexity index is 551. The van der Waals surface area contributed by atoms with Gasteiger partial charge in [-0.2, -0.15) is 0 Å². The van der Waals surface area contributed by atoms with Crippen molar-refractivity contribution < 1.29 is 9.84 Å². The molecule has 100 valence electrons. The van der Waals surface area contributed by atoms with Gasteiger partial charge in [-0.25, -0.2) is 0 Å². The third-order valence-electron chi connectivity index (χ3n) is 2.73. The van der Waals surface area contributed by atoms with Crippen molar-refractivity contribution in [3.05, 3.63) is 63.6 Å². The first-order chi connectivity index (χ1) is 9.06. The predicted octanol–water partition coefficient (Wildman–Crippen LogP) is 4.63. The van der Waals surface area contributed by atoms with E-state index in [0.29, 0.717) is 28.0 Å². The second-order valence-corrected chi connectivity index (χ2v) is 5.15. The smallest absolute Gasteiger partial charge is 0.125 e. The van der Waals surface area contributed by atoms with Crippen LogP contribution in [-0.4, -0.2) is 5.11 Å². The maximum atomic E-state index is 9.71. The van der Waals surface area contributed by atoms with E-state index in [4.69, 9.17) is 27.9 Å². The first-order valence-electron chi connectivity index (χ1n) is 5.91. The van der Waals surface area contributed by atoms with Gasteiger partial charge in [-0.15, -0.1) is 0 Å². The van der Waals surface area contributed by atoms with Crippen molar-refractivity contribution in [1.29, 1.82) is 0 Å². The molecule has 0 unspecified atom stereocenters. The highest BCUT2D eigenvalue weighted by Gasteiger charge is 2.10. The zero-order valence-corrected chi connectivity index (χ0v) is 11.9. The predicted molar refractivity (Wildman–Crippen MR) is 77.9 cm³/mol. The topological polar surface area (TPSA) is 29.5 Å². The lowest BCUT2D eigenvalue weighted by molar-refractivity contribution is 0.190. The van der Waals surface area contributed by atoms with Crippen LogP contribution in [0.25, 0.3) is 0 Å². The van der Waals surface area contributed by atoms with Crippen LogP contribution in [0.1, 0.15) is 24.2 Å². The van der Waals surface area contributed by atoms with Crippen molar-refractivity contribution in [2.24, 2.45) is 0 Å². The Hall–Kier alpha value is -1.22. The molecule has 0 bridgehead atoms. The number of aliphatic hydroxyl groups is 1. The Balaban J connectivity index is 2.13. The summed E-state index contributed by atoms with van der Waals surface area (Å²) in [6, 6.07) is 12.7. The summed E-state index contributed by atoms with van der Waals surface area (Å²) >= 11 is 11.7. The van der Waals surface area contributed by atoms with Gasteiger partial charge >= 0.3 is 0 Å². The molecular weight excluding hydrogens is 283 g/mol. The summed E-state index contributed by atoms with van der Waals surface area (Å²) in [5.41, 5.74) is 1.69. The fourth-order valence-corrected chi connectivity index (χ4v) is 2.03. The number of benzene rings is 2. The van der Waals surface area contributed by atoms with E-state index in [9.17, 15) is 5.11 Å². The summed E-state index contributed by atoms with van der Waals surface area (Å²) in [6.45, 7) is 2.10. The standard InChI is InChI=1S/C15H14Cl2O2/c1-10(18)14-8-13(17)6-7-15(14)19-9-11-2-4-12(16)5-3-11/h2-8,10,18H,9H2,1H3/t10-/m1/s1. The minimum absolute atomic E-state index is 0.415. The minimum atomic E-state index is -0.626. The molecule has 0 aliphatic heterocycles.